The van der Waals surface area contributed by atoms with E-state index in [1.807, 2.05) is 6.92 Å². The van der Waals surface area contributed by atoms with E-state index in [0.29, 0.717) is 6.54 Å². The number of rotatable bonds is 9. The average molecular weight is 230 g/mol. The molecule has 96 valence electrons. The molecule has 0 fully saturated rings. The van der Waals surface area contributed by atoms with Crippen molar-refractivity contribution in [1.82, 2.24) is 5.32 Å². The summed E-state index contributed by atoms with van der Waals surface area (Å²) in [5, 5.41) is 3.44. The van der Waals surface area contributed by atoms with Gasteiger partial charge in [0.05, 0.1) is 0 Å². The first-order valence-corrected chi connectivity index (χ1v) is 5.73. The van der Waals surface area contributed by atoms with Crippen LogP contribution in [0.25, 0.3) is 0 Å². The van der Waals surface area contributed by atoms with Crippen molar-refractivity contribution in [1.29, 1.82) is 0 Å². The minimum Gasteiger partial charge on any atom is -0.356 e. The van der Waals surface area contributed by atoms with E-state index in [1.165, 1.54) is 0 Å². The minimum absolute atomic E-state index is 0.141. The van der Waals surface area contributed by atoms with Crippen molar-refractivity contribution in [3.8, 4) is 0 Å². The third-order valence-corrected chi connectivity index (χ3v) is 2.69. The first kappa shape index (κ1) is 15.6. The fraction of sp³-hybridized carbons (Fsp3) is 0.833. The maximum absolute atomic E-state index is 5.79. The van der Waals surface area contributed by atoms with E-state index < -0.39 is 0 Å². The van der Waals surface area contributed by atoms with Crippen molar-refractivity contribution in [2.45, 2.75) is 38.5 Å². The molecular weight excluding hydrogens is 204 g/mol. The molecule has 1 atom stereocenters. The van der Waals surface area contributed by atoms with Crippen molar-refractivity contribution in [3.05, 3.63) is 12.2 Å². The molecule has 16 heavy (non-hydrogen) atoms. The van der Waals surface area contributed by atoms with E-state index in [9.17, 15) is 0 Å². The highest BCUT2D eigenvalue weighted by Gasteiger charge is 2.25. The van der Waals surface area contributed by atoms with Gasteiger partial charge in [-0.2, -0.15) is 0 Å². The molecule has 4 nitrogen and oxygen atoms in total. The summed E-state index contributed by atoms with van der Waals surface area (Å²) in [4.78, 5) is 0. The second-order valence-corrected chi connectivity index (χ2v) is 4.15. The highest BCUT2D eigenvalue weighted by atomic mass is 16.7. The fourth-order valence-electron chi connectivity index (χ4n) is 1.48. The predicted octanol–water partition coefficient (Wildman–Crippen LogP) is 1.27. The van der Waals surface area contributed by atoms with Crippen LogP contribution >= 0.6 is 0 Å². The molecule has 0 rings (SSSR count). The summed E-state index contributed by atoms with van der Waals surface area (Å²) in [6.07, 6.45) is 5.73. The summed E-state index contributed by atoms with van der Waals surface area (Å²) in [7, 11) is 3.29. The SMILES string of the molecule is C/C=C/CCNC(C)(CN)CC(OC)OC. The molecular formula is C12H26N2O2. The molecule has 1 unspecified atom stereocenters. The molecule has 0 aliphatic carbocycles. The Morgan fingerprint density at radius 1 is 1.38 bits per heavy atom. The van der Waals surface area contributed by atoms with Gasteiger partial charge in [0.15, 0.2) is 6.29 Å². The largest absolute Gasteiger partial charge is 0.356 e. The Morgan fingerprint density at radius 2 is 2.00 bits per heavy atom. The summed E-state index contributed by atoms with van der Waals surface area (Å²) >= 11 is 0. The van der Waals surface area contributed by atoms with Gasteiger partial charge in [-0.15, -0.1) is 0 Å². The van der Waals surface area contributed by atoms with Crippen LogP contribution in [0.15, 0.2) is 12.2 Å². The van der Waals surface area contributed by atoms with E-state index >= 15 is 0 Å². The predicted molar refractivity (Wildman–Crippen MR) is 67.3 cm³/mol. The summed E-state index contributed by atoms with van der Waals surface area (Å²) in [6, 6.07) is 0. The smallest absolute Gasteiger partial charge is 0.158 e. The molecule has 0 aliphatic heterocycles. The Hall–Kier alpha value is -0.420. The molecule has 0 aliphatic rings. The van der Waals surface area contributed by atoms with Gasteiger partial charge in [-0.1, -0.05) is 12.2 Å². The lowest BCUT2D eigenvalue weighted by Crippen LogP contribution is -2.51. The number of hydrogen-bond donors (Lipinski definition) is 2. The first-order valence-electron chi connectivity index (χ1n) is 5.73. The molecule has 0 spiro atoms. The van der Waals surface area contributed by atoms with Gasteiger partial charge in [0.25, 0.3) is 0 Å². The Balaban J connectivity index is 4.07. The number of nitrogens with two attached hydrogens (primary N) is 1. The Morgan fingerprint density at radius 3 is 2.44 bits per heavy atom. The number of nitrogens with one attached hydrogen (secondary N) is 1. The van der Waals surface area contributed by atoms with Gasteiger partial charge in [0.1, 0.15) is 0 Å². The molecule has 0 bridgehead atoms. The van der Waals surface area contributed by atoms with Crippen molar-refractivity contribution in [2.75, 3.05) is 27.3 Å². The molecule has 4 heteroatoms. The van der Waals surface area contributed by atoms with Crippen LogP contribution in [0.5, 0.6) is 0 Å². The summed E-state index contributed by atoms with van der Waals surface area (Å²) < 4.78 is 10.4. The number of allylic oxidation sites excluding steroid dienone is 1. The molecule has 0 saturated heterocycles. The Bertz CT molecular complexity index is 193. The van der Waals surface area contributed by atoms with Gasteiger partial charge in [-0.05, 0) is 26.8 Å². The zero-order valence-electron chi connectivity index (χ0n) is 11.0. The molecule has 0 aromatic heterocycles. The molecule has 0 saturated carbocycles. The monoisotopic (exact) mass is 230 g/mol. The molecule has 0 heterocycles. The topological polar surface area (TPSA) is 56.5 Å². The van der Waals surface area contributed by atoms with Gasteiger partial charge in [-0.25, -0.2) is 0 Å². The van der Waals surface area contributed by atoms with Gasteiger partial charge < -0.3 is 20.5 Å². The third-order valence-electron chi connectivity index (χ3n) is 2.69. The van der Waals surface area contributed by atoms with Crippen LogP contribution in [0.1, 0.15) is 26.7 Å². The quantitative estimate of drug-likeness (QED) is 0.356. The average Bonchev–Trinajstić information content (AvgIpc) is 2.32. The fourth-order valence-corrected chi connectivity index (χ4v) is 1.48. The molecule has 0 aromatic carbocycles. The van der Waals surface area contributed by atoms with Crippen LogP contribution in [0.3, 0.4) is 0 Å². The lowest BCUT2D eigenvalue weighted by molar-refractivity contribution is -0.117. The Labute approximate surface area is 99.2 Å². The maximum Gasteiger partial charge on any atom is 0.158 e. The van der Waals surface area contributed by atoms with E-state index in [2.05, 4.69) is 24.4 Å². The second kappa shape index (κ2) is 8.70. The van der Waals surface area contributed by atoms with E-state index in [-0.39, 0.29) is 11.8 Å². The van der Waals surface area contributed by atoms with Crippen LogP contribution < -0.4 is 11.1 Å². The van der Waals surface area contributed by atoms with Crippen molar-refractivity contribution in [3.63, 3.8) is 0 Å². The molecule has 0 radical (unpaired) electrons. The lowest BCUT2D eigenvalue weighted by atomic mass is 9.97. The van der Waals surface area contributed by atoms with Crippen molar-refractivity contribution >= 4 is 0 Å². The summed E-state index contributed by atoms with van der Waals surface area (Å²) in [6.45, 7) is 5.59. The summed E-state index contributed by atoms with van der Waals surface area (Å²) in [5.74, 6) is 0. The van der Waals surface area contributed by atoms with Crippen molar-refractivity contribution < 1.29 is 9.47 Å². The van der Waals surface area contributed by atoms with Crippen LogP contribution in [-0.2, 0) is 9.47 Å². The minimum atomic E-state index is -0.206. The molecule has 0 aromatic rings. The third kappa shape index (κ3) is 6.23. The van der Waals surface area contributed by atoms with E-state index in [1.54, 1.807) is 14.2 Å². The lowest BCUT2D eigenvalue weighted by Gasteiger charge is -2.32. The standard InChI is InChI=1S/C12H26N2O2/c1-5-6-7-8-14-12(2,10-13)9-11(15-3)16-4/h5-6,11,14H,7-10,13H2,1-4H3/b6-5+. The molecule has 3 N–H and O–H groups in total. The second-order valence-electron chi connectivity index (χ2n) is 4.15. The van der Waals surface area contributed by atoms with E-state index in [4.69, 9.17) is 15.2 Å². The normalized spacial score (nSPS) is 15.9. The van der Waals surface area contributed by atoms with Gasteiger partial charge in [-0.3, -0.25) is 0 Å². The number of ether oxygens (including phenoxy) is 2. The van der Waals surface area contributed by atoms with Gasteiger partial charge >= 0.3 is 0 Å². The first-order chi connectivity index (χ1) is 7.61. The maximum atomic E-state index is 5.79. The molecule has 0 amide bonds. The van der Waals surface area contributed by atoms with Crippen LogP contribution in [0.4, 0.5) is 0 Å². The van der Waals surface area contributed by atoms with Gasteiger partial charge in [0, 0.05) is 32.7 Å². The van der Waals surface area contributed by atoms with Crippen LogP contribution in [0, 0.1) is 0 Å². The number of methoxy groups -OCH3 is 2. The zero-order chi connectivity index (χ0) is 12.4. The van der Waals surface area contributed by atoms with Crippen LogP contribution in [0.2, 0.25) is 0 Å². The van der Waals surface area contributed by atoms with Crippen LogP contribution in [-0.4, -0.2) is 39.1 Å². The van der Waals surface area contributed by atoms with Crippen molar-refractivity contribution in [2.24, 2.45) is 5.73 Å². The Kier molecular flexibility index (Phi) is 8.47. The van der Waals surface area contributed by atoms with E-state index in [0.717, 1.165) is 19.4 Å². The highest BCUT2D eigenvalue weighted by Crippen LogP contribution is 2.13. The summed E-state index contributed by atoms with van der Waals surface area (Å²) in [5.41, 5.74) is 5.65. The highest BCUT2D eigenvalue weighted by molar-refractivity contribution is 4.87. The number of hydrogen-bond acceptors (Lipinski definition) is 4. The zero-order valence-corrected chi connectivity index (χ0v) is 11.0. The van der Waals surface area contributed by atoms with Gasteiger partial charge in [0.2, 0.25) is 0 Å².